The Balaban J connectivity index is 2.44. The Bertz CT molecular complexity index is 964. The molecule has 1 N–H and O–H groups in total. The summed E-state index contributed by atoms with van der Waals surface area (Å²) in [5.74, 6) is -0.223. The van der Waals surface area contributed by atoms with Crippen molar-refractivity contribution in [3.8, 4) is 5.75 Å². The van der Waals surface area contributed by atoms with E-state index in [2.05, 4.69) is 5.32 Å². The van der Waals surface area contributed by atoms with E-state index in [1.54, 1.807) is 30.3 Å². The van der Waals surface area contributed by atoms with Crippen molar-refractivity contribution in [1.82, 2.24) is 0 Å². The van der Waals surface area contributed by atoms with Gasteiger partial charge in [0.2, 0.25) is 15.9 Å². The first-order valence-electron chi connectivity index (χ1n) is 7.94. The van der Waals surface area contributed by atoms with E-state index in [-0.39, 0.29) is 5.69 Å². The summed E-state index contributed by atoms with van der Waals surface area (Å²) in [6, 6.07) is 8.65. The van der Waals surface area contributed by atoms with Crippen molar-refractivity contribution in [3.63, 3.8) is 0 Å². The molecule has 0 saturated heterocycles. The fourth-order valence-corrected chi connectivity index (χ4v) is 4.09. The van der Waals surface area contributed by atoms with E-state index >= 15 is 0 Å². The Kier molecular flexibility index (Phi) is 6.62. The van der Waals surface area contributed by atoms with Crippen LogP contribution >= 0.6 is 23.2 Å². The molecule has 0 fully saturated rings. The van der Waals surface area contributed by atoms with Gasteiger partial charge in [0.1, 0.15) is 11.8 Å². The molecule has 0 aromatic heterocycles. The van der Waals surface area contributed by atoms with Crippen LogP contribution in [0.2, 0.25) is 10.0 Å². The molecule has 1 amide bonds. The zero-order valence-electron chi connectivity index (χ0n) is 15.3. The van der Waals surface area contributed by atoms with Gasteiger partial charge in [0.05, 0.1) is 29.8 Å². The summed E-state index contributed by atoms with van der Waals surface area (Å²) in [5.41, 5.74) is 1.40. The van der Waals surface area contributed by atoms with Crippen LogP contribution in [0.3, 0.4) is 0 Å². The third-order valence-electron chi connectivity index (χ3n) is 3.85. The number of rotatable bonds is 6. The normalized spacial score (nSPS) is 12.4. The highest BCUT2D eigenvalue weighted by atomic mass is 35.5. The number of sulfonamides is 1. The lowest BCUT2D eigenvalue weighted by Crippen LogP contribution is -2.45. The fourth-order valence-electron chi connectivity index (χ4n) is 2.58. The zero-order chi connectivity index (χ0) is 20.4. The van der Waals surface area contributed by atoms with Crippen molar-refractivity contribution in [1.29, 1.82) is 0 Å². The van der Waals surface area contributed by atoms with Crippen LogP contribution in [0.15, 0.2) is 36.4 Å². The highest BCUT2D eigenvalue weighted by Crippen LogP contribution is 2.33. The van der Waals surface area contributed by atoms with Gasteiger partial charge in [-0.05, 0) is 49.7 Å². The van der Waals surface area contributed by atoms with Gasteiger partial charge in [-0.3, -0.25) is 9.10 Å². The maximum Gasteiger partial charge on any atom is 0.248 e. The topological polar surface area (TPSA) is 75.7 Å². The number of halogens is 2. The number of nitrogens with one attached hydrogen (secondary N) is 1. The van der Waals surface area contributed by atoms with Crippen LogP contribution in [0.1, 0.15) is 12.5 Å². The Morgan fingerprint density at radius 2 is 1.85 bits per heavy atom. The molecule has 27 heavy (non-hydrogen) atoms. The summed E-state index contributed by atoms with van der Waals surface area (Å²) in [4.78, 5) is 12.8. The summed E-state index contributed by atoms with van der Waals surface area (Å²) in [6.45, 7) is 3.30. The molecule has 2 rings (SSSR count). The molecule has 1 atom stereocenters. The number of carbonyl (C=O) groups excluding carboxylic acids is 1. The number of carbonyl (C=O) groups is 1. The van der Waals surface area contributed by atoms with Gasteiger partial charge >= 0.3 is 0 Å². The molecule has 0 heterocycles. The molecule has 0 radical (unpaired) electrons. The molecule has 9 heteroatoms. The molecule has 0 aliphatic rings. The van der Waals surface area contributed by atoms with Gasteiger partial charge in [-0.2, -0.15) is 0 Å². The van der Waals surface area contributed by atoms with Gasteiger partial charge in [-0.15, -0.1) is 0 Å². The zero-order valence-corrected chi connectivity index (χ0v) is 17.6. The number of nitrogens with zero attached hydrogens (tertiary/aromatic N) is 1. The molecule has 0 aliphatic carbocycles. The minimum atomic E-state index is -3.79. The predicted octanol–water partition coefficient (Wildman–Crippen LogP) is 4.10. The second-order valence-corrected chi connectivity index (χ2v) is 8.73. The molecule has 146 valence electrons. The van der Waals surface area contributed by atoms with Gasteiger partial charge in [0.15, 0.2) is 0 Å². The molecule has 2 aromatic rings. The van der Waals surface area contributed by atoms with Crippen molar-refractivity contribution < 1.29 is 17.9 Å². The van der Waals surface area contributed by atoms with Crippen LogP contribution < -0.4 is 14.4 Å². The van der Waals surface area contributed by atoms with E-state index in [1.165, 1.54) is 20.1 Å². The highest BCUT2D eigenvalue weighted by Gasteiger charge is 2.31. The summed E-state index contributed by atoms with van der Waals surface area (Å²) >= 11 is 12.0. The van der Waals surface area contributed by atoms with Gasteiger partial charge in [-0.1, -0.05) is 29.3 Å². The second kappa shape index (κ2) is 8.37. The lowest BCUT2D eigenvalue weighted by molar-refractivity contribution is -0.116. The largest absolute Gasteiger partial charge is 0.495 e. The molecular weight excluding hydrogens is 411 g/mol. The first-order chi connectivity index (χ1) is 12.5. The van der Waals surface area contributed by atoms with Crippen molar-refractivity contribution in [2.24, 2.45) is 0 Å². The molecule has 0 spiro atoms. The molecule has 0 aliphatic heterocycles. The summed E-state index contributed by atoms with van der Waals surface area (Å²) in [5, 5.41) is 3.31. The lowest BCUT2D eigenvalue weighted by atomic mass is 10.2. The highest BCUT2D eigenvalue weighted by molar-refractivity contribution is 7.92. The van der Waals surface area contributed by atoms with Gasteiger partial charge in [0, 0.05) is 5.02 Å². The van der Waals surface area contributed by atoms with E-state index < -0.39 is 22.0 Å². The SMILES string of the molecule is COc1ccc(C)cc1N(C(C)C(=O)Nc1cc(Cl)ccc1Cl)S(C)(=O)=O. The molecule has 0 bridgehead atoms. The van der Waals surface area contributed by atoms with E-state index in [1.807, 2.05) is 6.92 Å². The van der Waals surface area contributed by atoms with Crippen molar-refractivity contribution in [2.45, 2.75) is 19.9 Å². The summed E-state index contributed by atoms with van der Waals surface area (Å²) in [7, 11) is -2.35. The summed E-state index contributed by atoms with van der Waals surface area (Å²) in [6.07, 6.45) is 1.03. The van der Waals surface area contributed by atoms with Crippen LogP contribution in [0.4, 0.5) is 11.4 Å². The first-order valence-corrected chi connectivity index (χ1v) is 10.5. The minimum absolute atomic E-state index is 0.278. The fraction of sp³-hybridized carbons (Fsp3) is 0.278. The van der Waals surface area contributed by atoms with Crippen molar-refractivity contribution >= 4 is 50.5 Å². The van der Waals surface area contributed by atoms with E-state index in [4.69, 9.17) is 27.9 Å². The predicted molar refractivity (Wildman–Crippen MR) is 110 cm³/mol. The number of ether oxygens (including phenoxy) is 1. The number of methoxy groups -OCH3 is 1. The number of benzene rings is 2. The third kappa shape index (κ3) is 5.06. The van der Waals surface area contributed by atoms with Crippen LogP contribution in [-0.4, -0.2) is 33.7 Å². The number of hydrogen-bond acceptors (Lipinski definition) is 4. The van der Waals surface area contributed by atoms with Crippen LogP contribution in [0.25, 0.3) is 0 Å². The lowest BCUT2D eigenvalue weighted by Gasteiger charge is -2.29. The van der Waals surface area contributed by atoms with Crippen LogP contribution in [0.5, 0.6) is 5.75 Å². The second-order valence-electron chi connectivity index (χ2n) is 6.02. The number of hydrogen-bond donors (Lipinski definition) is 1. The molecule has 1 unspecified atom stereocenters. The number of amides is 1. The number of anilines is 2. The van der Waals surface area contributed by atoms with E-state index in [0.29, 0.717) is 21.5 Å². The molecule has 0 saturated carbocycles. The first kappa shape index (κ1) is 21.3. The Morgan fingerprint density at radius 1 is 1.19 bits per heavy atom. The van der Waals surface area contributed by atoms with E-state index in [9.17, 15) is 13.2 Å². The Labute approximate surface area is 169 Å². The Morgan fingerprint density at radius 3 is 2.44 bits per heavy atom. The monoisotopic (exact) mass is 430 g/mol. The third-order valence-corrected chi connectivity index (χ3v) is 5.64. The van der Waals surface area contributed by atoms with Gasteiger partial charge in [0.25, 0.3) is 0 Å². The Hall–Kier alpha value is -1.96. The number of aryl methyl sites for hydroxylation is 1. The maximum atomic E-state index is 12.8. The molecule has 6 nitrogen and oxygen atoms in total. The minimum Gasteiger partial charge on any atom is -0.495 e. The van der Waals surface area contributed by atoms with Crippen LogP contribution in [-0.2, 0) is 14.8 Å². The quantitative estimate of drug-likeness (QED) is 0.747. The van der Waals surface area contributed by atoms with E-state index in [0.717, 1.165) is 16.1 Å². The average Bonchev–Trinajstić information content (AvgIpc) is 2.57. The average molecular weight is 431 g/mol. The molecule has 2 aromatic carbocycles. The summed E-state index contributed by atoms with van der Waals surface area (Å²) < 4.78 is 31.3. The van der Waals surface area contributed by atoms with Crippen molar-refractivity contribution in [3.05, 3.63) is 52.0 Å². The van der Waals surface area contributed by atoms with Crippen LogP contribution in [0, 0.1) is 6.92 Å². The maximum absolute atomic E-state index is 12.8. The van der Waals surface area contributed by atoms with Crippen molar-refractivity contribution in [2.75, 3.05) is 23.0 Å². The standard InChI is InChI=1S/C18H20Cl2N2O4S/c1-11-5-8-17(26-3)16(9-11)22(27(4,24)25)12(2)18(23)21-15-10-13(19)6-7-14(15)20/h5-10,12H,1-4H3,(H,21,23). The van der Waals surface area contributed by atoms with Gasteiger partial charge < -0.3 is 10.1 Å². The molecular formula is C18H20Cl2N2O4S. The smallest absolute Gasteiger partial charge is 0.248 e. The van der Waals surface area contributed by atoms with Gasteiger partial charge in [-0.25, -0.2) is 8.42 Å².